The van der Waals surface area contributed by atoms with Crippen LogP contribution in [0.4, 0.5) is 4.39 Å². The van der Waals surface area contributed by atoms with Gasteiger partial charge in [0.1, 0.15) is 17.1 Å². The van der Waals surface area contributed by atoms with Gasteiger partial charge in [-0.05, 0) is 48.5 Å². The maximum atomic E-state index is 13.1. The maximum Gasteiger partial charge on any atom is 0.257 e. The first-order valence-corrected chi connectivity index (χ1v) is 11.4. The molecule has 1 amide bonds. The Morgan fingerprint density at radius 1 is 1.20 bits per heavy atom. The Morgan fingerprint density at radius 3 is 2.57 bits per heavy atom. The van der Waals surface area contributed by atoms with Gasteiger partial charge in [0.05, 0.1) is 18.0 Å². The van der Waals surface area contributed by atoms with E-state index >= 15 is 0 Å². The number of hydrogen-bond donors (Lipinski definition) is 2. The summed E-state index contributed by atoms with van der Waals surface area (Å²) in [6.45, 7) is 0.858. The van der Waals surface area contributed by atoms with E-state index in [1.54, 1.807) is 49.0 Å². The first-order chi connectivity index (χ1) is 16.7. The van der Waals surface area contributed by atoms with Gasteiger partial charge in [0, 0.05) is 31.4 Å². The molecular weight excluding hydrogens is 473 g/mol. The van der Waals surface area contributed by atoms with E-state index in [1.807, 2.05) is 4.90 Å². The third-order valence-electron chi connectivity index (χ3n) is 5.67. The van der Waals surface area contributed by atoms with Crippen LogP contribution in [0.25, 0.3) is 11.1 Å². The number of likely N-dealkylation sites (N-methyl/N-ethyl adjacent to an activating group) is 1. The van der Waals surface area contributed by atoms with Gasteiger partial charge in [0.2, 0.25) is 11.1 Å². The molecule has 4 aromatic rings. The number of pyridine rings is 1. The first-order valence-electron chi connectivity index (χ1n) is 11.0. The normalized spacial score (nSPS) is 12.3. The van der Waals surface area contributed by atoms with E-state index in [2.05, 4.69) is 5.32 Å². The second-order valence-electron chi connectivity index (χ2n) is 8.49. The lowest BCUT2D eigenvalue weighted by Crippen LogP contribution is -2.29. The molecule has 182 valence electrons. The zero-order valence-corrected chi connectivity index (χ0v) is 20.1. The number of aliphatic hydroxyl groups is 1. The fraction of sp³-hybridized carbons (Fsp3) is 0.231. The number of aromatic nitrogens is 1. The minimum atomic E-state index is -0.813. The molecule has 4 rings (SSSR count). The number of carbonyl (C=O) groups is 1. The molecule has 7 nitrogen and oxygen atoms in total. The number of amides is 1. The van der Waals surface area contributed by atoms with Crippen LogP contribution in [-0.4, -0.2) is 34.1 Å². The van der Waals surface area contributed by atoms with Gasteiger partial charge in [0.25, 0.3) is 5.91 Å². The summed E-state index contributed by atoms with van der Waals surface area (Å²) in [5.41, 5.74) is 1.41. The smallest absolute Gasteiger partial charge is 0.257 e. The van der Waals surface area contributed by atoms with E-state index in [4.69, 9.17) is 16.0 Å². The van der Waals surface area contributed by atoms with Crippen molar-refractivity contribution in [1.29, 1.82) is 0 Å². The molecular formula is C26H25ClFN3O4. The van der Waals surface area contributed by atoms with Crippen LogP contribution in [0.3, 0.4) is 0 Å². The molecule has 0 saturated carbocycles. The van der Waals surface area contributed by atoms with Crippen LogP contribution in [0.5, 0.6) is 0 Å². The summed E-state index contributed by atoms with van der Waals surface area (Å²) < 4.78 is 20.6. The van der Waals surface area contributed by atoms with Crippen LogP contribution < -0.4 is 10.7 Å². The molecule has 0 aliphatic heterocycles. The average Bonchev–Trinajstić information content (AvgIpc) is 3.25. The van der Waals surface area contributed by atoms with Gasteiger partial charge in [-0.1, -0.05) is 35.9 Å². The molecule has 0 spiro atoms. The monoisotopic (exact) mass is 497 g/mol. The highest BCUT2D eigenvalue weighted by molar-refractivity contribution is 6.30. The van der Waals surface area contributed by atoms with Crippen molar-refractivity contribution in [3.63, 3.8) is 0 Å². The largest absolute Gasteiger partial charge is 0.443 e. The fourth-order valence-corrected chi connectivity index (χ4v) is 3.97. The molecule has 0 aliphatic carbocycles. The molecule has 2 aromatic carbocycles. The zero-order chi connectivity index (χ0) is 25.1. The summed E-state index contributed by atoms with van der Waals surface area (Å²) in [6, 6.07) is 14.4. The molecule has 0 aliphatic rings. The van der Waals surface area contributed by atoms with Crippen LogP contribution in [0.2, 0.25) is 5.02 Å². The van der Waals surface area contributed by atoms with E-state index in [0.29, 0.717) is 34.0 Å². The summed E-state index contributed by atoms with van der Waals surface area (Å²) in [4.78, 5) is 27.6. The predicted molar refractivity (Wildman–Crippen MR) is 132 cm³/mol. The lowest BCUT2D eigenvalue weighted by Gasteiger charge is -2.19. The molecule has 9 heteroatoms. The van der Waals surface area contributed by atoms with Crippen LogP contribution in [-0.2, 0) is 20.1 Å². The Hall–Kier alpha value is -3.46. The lowest BCUT2D eigenvalue weighted by atomic mass is 10.1. The number of furan rings is 1. The van der Waals surface area contributed by atoms with Crippen LogP contribution >= 0.6 is 11.6 Å². The molecule has 0 unspecified atom stereocenters. The molecule has 2 aromatic heterocycles. The number of hydrogen-bond acceptors (Lipinski definition) is 5. The Labute approximate surface area is 206 Å². The summed E-state index contributed by atoms with van der Waals surface area (Å²) in [5, 5.41) is 14.1. The van der Waals surface area contributed by atoms with E-state index < -0.39 is 17.4 Å². The molecule has 1 atom stereocenters. The number of aliphatic hydroxyl groups excluding tert-OH is 1. The number of nitrogens with one attached hydrogen (secondary N) is 1. The van der Waals surface area contributed by atoms with Crippen molar-refractivity contribution < 1.29 is 18.7 Å². The van der Waals surface area contributed by atoms with Gasteiger partial charge in [-0.25, -0.2) is 4.39 Å². The molecule has 0 saturated heterocycles. The second-order valence-corrected chi connectivity index (χ2v) is 8.92. The summed E-state index contributed by atoms with van der Waals surface area (Å²) in [7, 11) is 3.50. The Balaban J connectivity index is 1.47. The van der Waals surface area contributed by atoms with Crippen molar-refractivity contribution in [1.82, 2.24) is 14.8 Å². The second kappa shape index (κ2) is 10.4. The Bertz CT molecular complexity index is 1400. The number of benzene rings is 2. The average molecular weight is 498 g/mol. The van der Waals surface area contributed by atoms with Crippen LogP contribution in [0.15, 0.2) is 70.0 Å². The lowest BCUT2D eigenvalue weighted by molar-refractivity contribution is 0.0949. The van der Waals surface area contributed by atoms with Gasteiger partial charge in [-0.3, -0.25) is 14.5 Å². The topological polar surface area (TPSA) is 87.7 Å². The standard InChI is InChI=1S/C26H25ClFN3O4/c1-30(15-23(32)17-5-9-19(28)10-6-17)13-20-11-21-24(33)22(14-31(2)26(21)35-20)25(34)29-12-16-3-7-18(27)8-4-16/h3-11,14,23,32H,12-13,15H2,1-2H3,(H,29,34)/t23-/m1/s1. The number of nitrogens with zero attached hydrogens (tertiary/aromatic N) is 2. The third kappa shape index (κ3) is 5.79. The third-order valence-corrected chi connectivity index (χ3v) is 5.92. The van der Waals surface area contributed by atoms with Gasteiger partial charge in [0.15, 0.2) is 0 Å². The summed E-state index contributed by atoms with van der Waals surface area (Å²) in [6.07, 6.45) is 0.643. The van der Waals surface area contributed by atoms with Crippen LogP contribution in [0, 0.1) is 5.82 Å². The highest BCUT2D eigenvalue weighted by Crippen LogP contribution is 2.20. The molecule has 0 bridgehead atoms. The van der Waals surface area contributed by atoms with Crippen molar-refractivity contribution in [2.75, 3.05) is 13.6 Å². The Kier molecular flexibility index (Phi) is 7.35. The molecule has 2 N–H and O–H groups in total. The number of halogens is 2. The van der Waals surface area contributed by atoms with E-state index in [1.165, 1.54) is 30.5 Å². The van der Waals surface area contributed by atoms with E-state index in [0.717, 1.165) is 5.56 Å². The van der Waals surface area contributed by atoms with E-state index in [9.17, 15) is 19.1 Å². The summed E-state index contributed by atoms with van der Waals surface area (Å²) in [5.74, 6) is -0.333. The molecule has 35 heavy (non-hydrogen) atoms. The van der Waals surface area contributed by atoms with Crippen molar-refractivity contribution in [3.8, 4) is 0 Å². The SMILES string of the molecule is CN(Cc1cc2c(=O)c(C(=O)NCc3ccc(Cl)cc3)cn(C)c2o1)C[C@@H](O)c1ccc(F)cc1. The van der Waals surface area contributed by atoms with E-state index in [-0.39, 0.29) is 24.5 Å². The van der Waals surface area contributed by atoms with Gasteiger partial charge in [-0.2, -0.15) is 0 Å². The van der Waals surface area contributed by atoms with Crippen molar-refractivity contribution in [3.05, 3.63) is 104 Å². The summed E-state index contributed by atoms with van der Waals surface area (Å²) >= 11 is 5.89. The van der Waals surface area contributed by atoms with Gasteiger partial charge < -0.3 is 19.4 Å². The van der Waals surface area contributed by atoms with Crippen molar-refractivity contribution in [2.45, 2.75) is 19.2 Å². The van der Waals surface area contributed by atoms with Crippen molar-refractivity contribution >= 4 is 28.6 Å². The minimum absolute atomic E-state index is 0.0152. The zero-order valence-electron chi connectivity index (χ0n) is 19.3. The van der Waals surface area contributed by atoms with Crippen molar-refractivity contribution in [2.24, 2.45) is 7.05 Å². The van der Waals surface area contributed by atoms with Gasteiger partial charge >= 0.3 is 0 Å². The number of aryl methyl sites for hydroxylation is 1. The first kappa shape index (κ1) is 24.7. The quantitative estimate of drug-likeness (QED) is 0.384. The maximum absolute atomic E-state index is 13.1. The van der Waals surface area contributed by atoms with Gasteiger partial charge in [-0.15, -0.1) is 0 Å². The minimum Gasteiger partial charge on any atom is -0.443 e. The predicted octanol–water partition coefficient (Wildman–Crippen LogP) is 4.02. The highest BCUT2D eigenvalue weighted by atomic mass is 35.5. The highest BCUT2D eigenvalue weighted by Gasteiger charge is 2.19. The number of fused-ring (bicyclic) bond motifs is 1. The molecule has 0 fully saturated rings. The number of rotatable bonds is 8. The molecule has 0 radical (unpaired) electrons. The Morgan fingerprint density at radius 2 is 1.89 bits per heavy atom. The van der Waals surface area contributed by atoms with Crippen LogP contribution in [0.1, 0.15) is 33.3 Å². The molecule has 2 heterocycles. The fourth-order valence-electron chi connectivity index (χ4n) is 3.85. The number of carbonyl (C=O) groups excluding carboxylic acids is 1.